The third kappa shape index (κ3) is 4.20. The first-order chi connectivity index (χ1) is 12.0. The first-order valence-electron chi connectivity index (χ1n) is 8.44. The molecule has 0 radical (unpaired) electrons. The SMILES string of the molecule is Cc1ccc(N2C=C(C(C[N+](=O)[O-])c3ccccc3Cl)CCC2)cc1. The molecule has 0 saturated heterocycles. The standard InChI is InChI=1S/C20H21ClN2O2/c1-15-8-10-17(11-9-15)22-12-4-5-16(13-22)19(14-23(24)25)18-6-2-3-7-20(18)21/h2-3,6-11,13,19H,4-5,12,14H2,1H3. The van der Waals surface area contributed by atoms with Crippen molar-refractivity contribution in [3.05, 3.63) is 86.6 Å². The van der Waals surface area contributed by atoms with Gasteiger partial charge in [-0.15, -0.1) is 0 Å². The number of nitrogens with zero attached hydrogens (tertiary/aromatic N) is 2. The van der Waals surface area contributed by atoms with Gasteiger partial charge < -0.3 is 4.90 Å². The first-order valence-corrected chi connectivity index (χ1v) is 8.82. The molecule has 0 aromatic heterocycles. The summed E-state index contributed by atoms with van der Waals surface area (Å²) < 4.78 is 0. The predicted octanol–water partition coefficient (Wildman–Crippen LogP) is 5.19. The van der Waals surface area contributed by atoms with Crippen LogP contribution in [0.3, 0.4) is 0 Å². The highest BCUT2D eigenvalue weighted by Crippen LogP contribution is 2.35. The highest BCUT2D eigenvalue weighted by atomic mass is 35.5. The van der Waals surface area contributed by atoms with Crippen LogP contribution in [0.1, 0.15) is 29.9 Å². The van der Waals surface area contributed by atoms with Crippen LogP contribution < -0.4 is 4.90 Å². The summed E-state index contributed by atoms with van der Waals surface area (Å²) in [5.74, 6) is -0.294. The van der Waals surface area contributed by atoms with Crippen LogP contribution in [-0.2, 0) is 0 Å². The molecule has 1 unspecified atom stereocenters. The van der Waals surface area contributed by atoms with Crippen LogP contribution in [0.15, 0.2) is 60.3 Å². The molecule has 1 aliphatic heterocycles. The number of halogens is 1. The quantitative estimate of drug-likeness (QED) is 0.547. The van der Waals surface area contributed by atoms with Crippen molar-refractivity contribution in [2.24, 2.45) is 0 Å². The molecule has 1 aliphatic rings. The molecule has 1 heterocycles. The van der Waals surface area contributed by atoms with Crippen molar-refractivity contribution in [2.45, 2.75) is 25.7 Å². The Balaban J connectivity index is 1.95. The average Bonchev–Trinajstić information content (AvgIpc) is 2.61. The second kappa shape index (κ2) is 7.70. The predicted molar refractivity (Wildman–Crippen MR) is 102 cm³/mol. The maximum absolute atomic E-state index is 11.2. The van der Waals surface area contributed by atoms with Crippen molar-refractivity contribution in [3.8, 4) is 0 Å². The zero-order chi connectivity index (χ0) is 17.8. The van der Waals surface area contributed by atoms with Crippen LogP contribution >= 0.6 is 11.6 Å². The molecule has 5 heteroatoms. The van der Waals surface area contributed by atoms with E-state index in [9.17, 15) is 10.1 Å². The molecule has 2 aromatic rings. The van der Waals surface area contributed by atoms with Gasteiger partial charge in [-0.3, -0.25) is 10.1 Å². The Labute approximate surface area is 152 Å². The van der Waals surface area contributed by atoms with Gasteiger partial charge in [0.2, 0.25) is 6.54 Å². The molecular weight excluding hydrogens is 336 g/mol. The Bertz CT molecular complexity index is 787. The summed E-state index contributed by atoms with van der Waals surface area (Å²) in [6.07, 6.45) is 3.90. The molecule has 2 aromatic carbocycles. The summed E-state index contributed by atoms with van der Waals surface area (Å²) in [6.45, 7) is 2.84. The second-order valence-corrected chi connectivity index (χ2v) is 6.83. The summed E-state index contributed by atoms with van der Waals surface area (Å²) >= 11 is 6.33. The fourth-order valence-electron chi connectivity index (χ4n) is 3.31. The minimum absolute atomic E-state index is 0.142. The maximum atomic E-state index is 11.2. The van der Waals surface area contributed by atoms with E-state index in [4.69, 9.17) is 11.6 Å². The van der Waals surface area contributed by atoms with Gasteiger partial charge in [-0.1, -0.05) is 47.5 Å². The number of anilines is 1. The fraction of sp³-hybridized carbons (Fsp3) is 0.300. The van der Waals surface area contributed by atoms with E-state index >= 15 is 0 Å². The molecule has 1 atom stereocenters. The molecule has 0 spiro atoms. The van der Waals surface area contributed by atoms with E-state index < -0.39 is 0 Å². The van der Waals surface area contributed by atoms with E-state index in [0.29, 0.717) is 5.02 Å². The lowest BCUT2D eigenvalue weighted by atomic mass is 9.87. The van der Waals surface area contributed by atoms with Gasteiger partial charge in [0.15, 0.2) is 0 Å². The number of benzene rings is 2. The minimum atomic E-state index is -0.294. The highest BCUT2D eigenvalue weighted by Gasteiger charge is 2.27. The Morgan fingerprint density at radius 2 is 1.92 bits per heavy atom. The lowest BCUT2D eigenvalue weighted by Gasteiger charge is -2.30. The number of hydrogen-bond donors (Lipinski definition) is 0. The summed E-state index contributed by atoms with van der Waals surface area (Å²) in [4.78, 5) is 13.2. The molecule has 0 N–H and O–H groups in total. The van der Waals surface area contributed by atoms with Crippen molar-refractivity contribution in [3.63, 3.8) is 0 Å². The first kappa shape index (κ1) is 17.5. The van der Waals surface area contributed by atoms with Crippen LogP contribution in [0, 0.1) is 17.0 Å². The van der Waals surface area contributed by atoms with Gasteiger partial charge in [0, 0.05) is 28.4 Å². The largest absolute Gasteiger partial charge is 0.348 e. The van der Waals surface area contributed by atoms with Crippen molar-refractivity contribution in [2.75, 3.05) is 18.0 Å². The molecule has 0 bridgehead atoms. The summed E-state index contributed by atoms with van der Waals surface area (Å²) in [7, 11) is 0. The lowest BCUT2D eigenvalue weighted by molar-refractivity contribution is -0.482. The smallest absolute Gasteiger partial charge is 0.214 e. The third-order valence-corrected chi connectivity index (χ3v) is 4.96. The number of nitro groups is 1. The average molecular weight is 357 g/mol. The normalized spacial score (nSPS) is 15.6. The molecule has 25 heavy (non-hydrogen) atoms. The minimum Gasteiger partial charge on any atom is -0.348 e. The maximum Gasteiger partial charge on any atom is 0.214 e. The number of hydrogen-bond acceptors (Lipinski definition) is 3. The zero-order valence-electron chi connectivity index (χ0n) is 14.2. The second-order valence-electron chi connectivity index (χ2n) is 6.43. The molecule has 130 valence electrons. The topological polar surface area (TPSA) is 46.4 Å². The Hall–Kier alpha value is -2.33. The van der Waals surface area contributed by atoms with E-state index in [1.165, 1.54) is 5.56 Å². The van der Waals surface area contributed by atoms with Crippen LogP contribution in [-0.4, -0.2) is 18.0 Å². The van der Waals surface area contributed by atoms with Gasteiger partial charge in [0.1, 0.15) is 0 Å². The Kier molecular flexibility index (Phi) is 5.39. The monoisotopic (exact) mass is 356 g/mol. The molecule has 0 aliphatic carbocycles. The van der Waals surface area contributed by atoms with E-state index in [2.05, 4.69) is 42.3 Å². The Morgan fingerprint density at radius 3 is 2.60 bits per heavy atom. The van der Waals surface area contributed by atoms with E-state index in [-0.39, 0.29) is 17.4 Å². The number of aryl methyl sites for hydroxylation is 1. The van der Waals surface area contributed by atoms with Gasteiger partial charge in [0.05, 0.1) is 5.92 Å². The summed E-state index contributed by atoms with van der Waals surface area (Å²) in [6, 6.07) is 15.8. The highest BCUT2D eigenvalue weighted by molar-refractivity contribution is 6.31. The molecule has 3 rings (SSSR count). The zero-order valence-corrected chi connectivity index (χ0v) is 14.9. The third-order valence-electron chi connectivity index (χ3n) is 4.61. The fourth-order valence-corrected chi connectivity index (χ4v) is 3.58. The Morgan fingerprint density at radius 1 is 1.20 bits per heavy atom. The van der Waals surface area contributed by atoms with Gasteiger partial charge >= 0.3 is 0 Å². The van der Waals surface area contributed by atoms with E-state index in [1.807, 2.05) is 18.2 Å². The van der Waals surface area contributed by atoms with Gasteiger partial charge in [-0.05, 0) is 49.1 Å². The molecule has 0 fully saturated rings. The van der Waals surface area contributed by atoms with Crippen LogP contribution in [0.2, 0.25) is 5.02 Å². The van der Waals surface area contributed by atoms with Gasteiger partial charge in [-0.25, -0.2) is 0 Å². The van der Waals surface area contributed by atoms with Crippen LogP contribution in [0.25, 0.3) is 0 Å². The number of rotatable bonds is 5. The van der Waals surface area contributed by atoms with E-state index in [0.717, 1.165) is 36.2 Å². The molecular formula is C20H21ClN2O2. The van der Waals surface area contributed by atoms with Gasteiger partial charge in [-0.2, -0.15) is 0 Å². The molecule has 0 saturated carbocycles. The van der Waals surface area contributed by atoms with Crippen molar-refractivity contribution in [1.82, 2.24) is 0 Å². The molecule has 0 amide bonds. The van der Waals surface area contributed by atoms with E-state index in [1.54, 1.807) is 6.07 Å². The van der Waals surface area contributed by atoms with Crippen LogP contribution in [0.5, 0.6) is 0 Å². The summed E-state index contributed by atoms with van der Waals surface area (Å²) in [5, 5.41) is 11.8. The van der Waals surface area contributed by atoms with Gasteiger partial charge in [0.25, 0.3) is 0 Å². The van der Waals surface area contributed by atoms with Crippen molar-refractivity contribution in [1.29, 1.82) is 0 Å². The molecule has 4 nitrogen and oxygen atoms in total. The van der Waals surface area contributed by atoms with Crippen molar-refractivity contribution >= 4 is 17.3 Å². The summed E-state index contributed by atoms with van der Waals surface area (Å²) in [5.41, 5.74) is 4.23. The van der Waals surface area contributed by atoms with Crippen molar-refractivity contribution < 1.29 is 4.92 Å². The lowest BCUT2D eigenvalue weighted by Crippen LogP contribution is -2.26. The van der Waals surface area contributed by atoms with Crippen LogP contribution in [0.4, 0.5) is 5.69 Å².